The van der Waals surface area contributed by atoms with E-state index in [1.165, 1.54) is 38.1 Å². The highest BCUT2D eigenvalue weighted by molar-refractivity contribution is 7.99. The highest BCUT2D eigenvalue weighted by Gasteiger charge is 2.24. The minimum absolute atomic E-state index is 0.0594. The van der Waals surface area contributed by atoms with Crippen molar-refractivity contribution in [2.24, 2.45) is 0 Å². The summed E-state index contributed by atoms with van der Waals surface area (Å²) in [5.74, 6) is -1.90. The molecule has 0 amide bonds. The van der Waals surface area contributed by atoms with Crippen molar-refractivity contribution >= 4 is 35.3 Å². The fourth-order valence-corrected chi connectivity index (χ4v) is 2.90. The molecule has 0 aromatic heterocycles. The first kappa shape index (κ1) is 17.2. The predicted molar refractivity (Wildman–Crippen MR) is 86.4 cm³/mol. The van der Waals surface area contributed by atoms with Gasteiger partial charge in [-0.2, -0.15) is 0 Å². The number of hydrogen-bond donors (Lipinski definition) is 1. The third-order valence-electron chi connectivity index (χ3n) is 2.94. The lowest BCUT2D eigenvalue weighted by atomic mass is 10.1. The molecule has 0 fully saturated rings. The monoisotopic (exact) mass is 352 g/mol. The number of phenols is 1. The summed E-state index contributed by atoms with van der Waals surface area (Å²) >= 11 is 7.14. The predicted octanol–water partition coefficient (Wildman–Crippen LogP) is 3.77. The molecule has 0 aliphatic heterocycles. The Balaban J connectivity index is 2.46. The minimum atomic E-state index is -0.814. The second-order valence-electron chi connectivity index (χ2n) is 4.40. The summed E-state index contributed by atoms with van der Waals surface area (Å²) in [6.45, 7) is 0. The van der Waals surface area contributed by atoms with Crippen LogP contribution in [-0.4, -0.2) is 31.3 Å². The number of halogens is 1. The molecule has 0 unspecified atom stereocenters. The molecule has 2 aromatic rings. The molecular weight excluding hydrogens is 340 g/mol. The molecule has 23 heavy (non-hydrogen) atoms. The van der Waals surface area contributed by atoms with Crippen molar-refractivity contribution in [3.8, 4) is 5.75 Å². The summed E-state index contributed by atoms with van der Waals surface area (Å²) < 4.78 is 9.26. The number of phenolic OH excluding ortho intramolecular Hbond substituents is 1. The largest absolute Gasteiger partial charge is 0.507 e. The van der Waals surface area contributed by atoms with E-state index in [2.05, 4.69) is 9.47 Å². The lowest BCUT2D eigenvalue weighted by molar-refractivity contribution is 0.0552. The SMILES string of the molecule is COC(=O)c1cc(Sc2ccc(Cl)cc2)cc(O)c1C(=O)OC. The Labute approximate surface area is 142 Å². The second-order valence-corrected chi connectivity index (χ2v) is 5.99. The maximum atomic E-state index is 11.9. The van der Waals surface area contributed by atoms with Gasteiger partial charge >= 0.3 is 11.9 Å². The zero-order valence-electron chi connectivity index (χ0n) is 12.3. The summed E-state index contributed by atoms with van der Waals surface area (Å²) in [4.78, 5) is 25.1. The molecule has 0 spiro atoms. The summed E-state index contributed by atoms with van der Waals surface area (Å²) in [6, 6.07) is 9.92. The molecule has 0 radical (unpaired) electrons. The summed E-state index contributed by atoms with van der Waals surface area (Å²) in [7, 11) is 2.36. The molecule has 0 aliphatic carbocycles. The van der Waals surface area contributed by atoms with Crippen molar-refractivity contribution in [2.45, 2.75) is 9.79 Å². The van der Waals surface area contributed by atoms with Crippen molar-refractivity contribution < 1.29 is 24.2 Å². The number of methoxy groups -OCH3 is 2. The maximum absolute atomic E-state index is 11.9. The molecule has 120 valence electrons. The van der Waals surface area contributed by atoms with Gasteiger partial charge in [-0.15, -0.1) is 0 Å². The van der Waals surface area contributed by atoms with Gasteiger partial charge in [-0.1, -0.05) is 23.4 Å². The first-order valence-corrected chi connectivity index (χ1v) is 7.62. The zero-order chi connectivity index (χ0) is 17.0. The number of hydrogen-bond acceptors (Lipinski definition) is 6. The van der Waals surface area contributed by atoms with E-state index >= 15 is 0 Å². The standard InChI is InChI=1S/C16H13ClO5S/c1-21-15(19)12-7-11(8-13(18)14(12)16(20)22-2)23-10-5-3-9(17)4-6-10/h3-8,18H,1-2H3. The number of aromatic hydroxyl groups is 1. The van der Waals surface area contributed by atoms with Crippen LogP contribution in [0.3, 0.4) is 0 Å². The number of esters is 2. The Morgan fingerprint density at radius 1 is 1.00 bits per heavy atom. The molecule has 7 heteroatoms. The van der Waals surface area contributed by atoms with Crippen LogP contribution in [0.5, 0.6) is 5.75 Å². The van der Waals surface area contributed by atoms with Crippen molar-refractivity contribution in [3.05, 3.63) is 52.5 Å². The van der Waals surface area contributed by atoms with E-state index in [-0.39, 0.29) is 16.9 Å². The fourth-order valence-electron chi connectivity index (χ4n) is 1.89. The number of benzene rings is 2. The van der Waals surface area contributed by atoms with Crippen LogP contribution in [-0.2, 0) is 9.47 Å². The van der Waals surface area contributed by atoms with Crippen LogP contribution in [0.1, 0.15) is 20.7 Å². The quantitative estimate of drug-likeness (QED) is 0.844. The van der Waals surface area contributed by atoms with E-state index in [0.717, 1.165) is 4.90 Å². The highest BCUT2D eigenvalue weighted by Crippen LogP contribution is 2.34. The topological polar surface area (TPSA) is 72.8 Å². The summed E-state index contributed by atoms with van der Waals surface area (Å²) in [5, 5.41) is 10.7. The van der Waals surface area contributed by atoms with Crippen molar-refractivity contribution in [3.63, 3.8) is 0 Å². The van der Waals surface area contributed by atoms with Gasteiger partial charge in [0.2, 0.25) is 0 Å². The van der Waals surface area contributed by atoms with Crippen LogP contribution in [0, 0.1) is 0 Å². The van der Waals surface area contributed by atoms with Gasteiger partial charge in [0.25, 0.3) is 0 Å². The van der Waals surface area contributed by atoms with Crippen LogP contribution in [0.25, 0.3) is 0 Å². The summed E-state index contributed by atoms with van der Waals surface area (Å²) in [5.41, 5.74) is -0.282. The molecule has 2 rings (SSSR count). The summed E-state index contributed by atoms with van der Waals surface area (Å²) in [6.07, 6.45) is 0. The molecule has 1 N–H and O–H groups in total. The van der Waals surface area contributed by atoms with Gasteiger partial charge in [0, 0.05) is 14.8 Å². The minimum Gasteiger partial charge on any atom is -0.507 e. The molecule has 0 bridgehead atoms. The lowest BCUT2D eigenvalue weighted by Crippen LogP contribution is -2.12. The normalized spacial score (nSPS) is 10.2. The third kappa shape index (κ3) is 3.97. The molecule has 0 saturated carbocycles. The average molecular weight is 353 g/mol. The van der Waals surface area contributed by atoms with E-state index in [0.29, 0.717) is 9.92 Å². The number of ether oxygens (including phenoxy) is 2. The van der Waals surface area contributed by atoms with Gasteiger partial charge in [0.05, 0.1) is 19.8 Å². The van der Waals surface area contributed by atoms with E-state index < -0.39 is 11.9 Å². The first-order chi connectivity index (χ1) is 11.0. The average Bonchev–Trinajstić information content (AvgIpc) is 2.55. The van der Waals surface area contributed by atoms with Gasteiger partial charge < -0.3 is 14.6 Å². The van der Waals surface area contributed by atoms with Crippen LogP contribution >= 0.6 is 23.4 Å². The second kappa shape index (κ2) is 7.39. The van der Waals surface area contributed by atoms with E-state index in [1.807, 2.05) is 0 Å². The molecule has 0 heterocycles. The van der Waals surface area contributed by atoms with Crippen molar-refractivity contribution in [2.75, 3.05) is 14.2 Å². The van der Waals surface area contributed by atoms with Gasteiger partial charge in [0.1, 0.15) is 11.3 Å². The van der Waals surface area contributed by atoms with Crippen LogP contribution < -0.4 is 0 Å². The fraction of sp³-hybridized carbons (Fsp3) is 0.125. The Bertz CT molecular complexity index is 743. The zero-order valence-corrected chi connectivity index (χ0v) is 13.9. The van der Waals surface area contributed by atoms with Crippen LogP contribution in [0.4, 0.5) is 0 Å². The lowest BCUT2D eigenvalue weighted by Gasteiger charge is -2.11. The van der Waals surface area contributed by atoms with Gasteiger partial charge in [-0.25, -0.2) is 9.59 Å². The molecular formula is C16H13ClO5S. The smallest absolute Gasteiger partial charge is 0.342 e. The third-order valence-corrected chi connectivity index (χ3v) is 4.17. The number of carbonyl (C=O) groups excluding carboxylic acids is 2. The molecule has 0 saturated heterocycles. The van der Waals surface area contributed by atoms with Gasteiger partial charge in [0.15, 0.2) is 0 Å². The Hall–Kier alpha value is -2.18. The van der Waals surface area contributed by atoms with Crippen molar-refractivity contribution in [1.82, 2.24) is 0 Å². The number of carbonyl (C=O) groups is 2. The molecule has 0 aliphatic rings. The van der Waals surface area contributed by atoms with E-state index in [9.17, 15) is 14.7 Å². The number of rotatable bonds is 4. The maximum Gasteiger partial charge on any atom is 0.342 e. The van der Waals surface area contributed by atoms with Crippen LogP contribution in [0.15, 0.2) is 46.2 Å². The Morgan fingerprint density at radius 2 is 1.61 bits per heavy atom. The molecule has 5 nitrogen and oxygen atoms in total. The van der Waals surface area contributed by atoms with Crippen molar-refractivity contribution in [1.29, 1.82) is 0 Å². The van der Waals surface area contributed by atoms with E-state index in [1.54, 1.807) is 24.3 Å². The van der Waals surface area contributed by atoms with Crippen LogP contribution in [0.2, 0.25) is 5.02 Å². The Kier molecular flexibility index (Phi) is 5.52. The Morgan fingerprint density at radius 3 is 2.17 bits per heavy atom. The van der Waals surface area contributed by atoms with E-state index in [4.69, 9.17) is 11.6 Å². The molecule has 0 atom stereocenters. The molecule has 2 aromatic carbocycles. The van der Waals surface area contributed by atoms with Gasteiger partial charge in [-0.3, -0.25) is 0 Å². The highest BCUT2D eigenvalue weighted by atomic mass is 35.5. The first-order valence-electron chi connectivity index (χ1n) is 6.43. The van der Waals surface area contributed by atoms with Gasteiger partial charge in [-0.05, 0) is 36.4 Å².